The van der Waals surface area contributed by atoms with Crippen molar-refractivity contribution in [2.45, 2.75) is 71.5 Å². The van der Waals surface area contributed by atoms with Gasteiger partial charge in [0.2, 0.25) is 0 Å². The second kappa shape index (κ2) is 7.15. The zero-order valence-electron chi connectivity index (χ0n) is 10.8. The monoisotopic (exact) mass is 231 g/mol. The van der Waals surface area contributed by atoms with Gasteiger partial charge >= 0.3 is 0 Å². The normalized spacial score (nSPS) is 15.4. The van der Waals surface area contributed by atoms with Crippen LogP contribution in [-0.2, 0) is 11.0 Å². The molecule has 15 heavy (non-hydrogen) atoms. The van der Waals surface area contributed by atoms with Crippen molar-refractivity contribution in [3.8, 4) is 0 Å². The van der Waals surface area contributed by atoms with Gasteiger partial charge in [-0.15, -0.1) is 0 Å². The molecule has 1 atom stereocenters. The molecule has 0 aliphatic heterocycles. The van der Waals surface area contributed by atoms with E-state index in [-0.39, 0.29) is 4.75 Å². The highest BCUT2D eigenvalue weighted by atomic mass is 32.2. The standard InChI is InChI=1S/C12H25NOS/c1-6-7-8-9-10-11(2)13-15(14)12(3,4)5/h6-10H2,1-5H3/b13-11+. The van der Waals surface area contributed by atoms with Gasteiger partial charge < -0.3 is 0 Å². The van der Waals surface area contributed by atoms with E-state index in [1.54, 1.807) is 0 Å². The van der Waals surface area contributed by atoms with Crippen LogP contribution in [0.1, 0.15) is 66.7 Å². The number of hydrogen-bond donors (Lipinski definition) is 0. The van der Waals surface area contributed by atoms with Gasteiger partial charge in [-0.2, -0.15) is 4.40 Å². The summed E-state index contributed by atoms with van der Waals surface area (Å²) in [6.45, 7) is 10.1. The fraction of sp³-hybridized carbons (Fsp3) is 0.917. The van der Waals surface area contributed by atoms with E-state index >= 15 is 0 Å². The Bertz CT molecular complexity index is 228. The third-order valence-electron chi connectivity index (χ3n) is 2.15. The summed E-state index contributed by atoms with van der Waals surface area (Å²) in [5.41, 5.74) is 1.03. The van der Waals surface area contributed by atoms with Crippen LogP contribution in [0.3, 0.4) is 0 Å². The first-order chi connectivity index (χ1) is 6.88. The molecule has 0 aliphatic rings. The summed E-state index contributed by atoms with van der Waals surface area (Å²) >= 11 is 0. The maximum atomic E-state index is 11.7. The number of hydrogen-bond acceptors (Lipinski definition) is 1. The van der Waals surface area contributed by atoms with E-state index in [4.69, 9.17) is 0 Å². The Morgan fingerprint density at radius 3 is 2.27 bits per heavy atom. The predicted octanol–water partition coefficient (Wildman–Crippen LogP) is 3.88. The Morgan fingerprint density at radius 1 is 1.20 bits per heavy atom. The molecule has 0 aromatic carbocycles. The van der Waals surface area contributed by atoms with Gasteiger partial charge in [-0.3, -0.25) is 0 Å². The van der Waals surface area contributed by atoms with E-state index in [2.05, 4.69) is 11.3 Å². The molecule has 0 saturated heterocycles. The molecule has 90 valence electrons. The molecule has 0 aromatic rings. The highest BCUT2D eigenvalue weighted by Gasteiger charge is 2.18. The van der Waals surface area contributed by atoms with Crippen molar-refractivity contribution >= 4 is 16.7 Å². The smallest absolute Gasteiger partial charge is 0.144 e. The lowest BCUT2D eigenvalue weighted by molar-refractivity contribution is 0.650. The van der Waals surface area contributed by atoms with E-state index in [1.807, 2.05) is 27.7 Å². The number of rotatable bonds is 6. The van der Waals surface area contributed by atoms with Crippen LogP contribution in [0.15, 0.2) is 4.40 Å². The van der Waals surface area contributed by atoms with Crippen molar-refractivity contribution in [2.75, 3.05) is 0 Å². The highest BCUT2D eigenvalue weighted by Crippen LogP contribution is 2.13. The third kappa shape index (κ3) is 7.71. The zero-order chi connectivity index (χ0) is 11.9. The fourth-order valence-corrected chi connectivity index (χ4v) is 1.78. The van der Waals surface area contributed by atoms with Gasteiger partial charge in [0.15, 0.2) is 0 Å². The second-order valence-corrected chi connectivity index (χ2v) is 6.90. The fourth-order valence-electron chi connectivity index (χ4n) is 1.13. The van der Waals surface area contributed by atoms with Gasteiger partial charge in [0.25, 0.3) is 0 Å². The molecule has 0 rings (SSSR count). The van der Waals surface area contributed by atoms with Gasteiger partial charge in [0.05, 0.1) is 4.75 Å². The molecular weight excluding hydrogens is 206 g/mol. The Labute approximate surface area is 97.2 Å². The van der Waals surface area contributed by atoms with Gasteiger partial charge in [-0.1, -0.05) is 26.2 Å². The molecular formula is C12H25NOS. The first-order valence-corrected chi connectivity index (χ1v) is 6.94. The van der Waals surface area contributed by atoms with Crippen molar-refractivity contribution < 1.29 is 4.21 Å². The third-order valence-corrected chi connectivity index (χ3v) is 3.68. The van der Waals surface area contributed by atoms with Crippen LogP contribution in [-0.4, -0.2) is 14.7 Å². The van der Waals surface area contributed by atoms with E-state index in [0.717, 1.165) is 12.1 Å². The Balaban J connectivity index is 3.93. The van der Waals surface area contributed by atoms with Gasteiger partial charge in [-0.05, 0) is 40.5 Å². The molecule has 0 radical (unpaired) electrons. The van der Waals surface area contributed by atoms with Crippen LogP contribution in [0.5, 0.6) is 0 Å². The van der Waals surface area contributed by atoms with Crippen molar-refractivity contribution in [3.63, 3.8) is 0 Å². The summed E-state index contributed by atoms with van der Waals surface area (Å²) in [7, 11) is -1.09. The molecule has 3 heteroatoms. The molecule has 0 heterocycles. The van der Waals surface area contributed by atoms with Crippen LogP contribution in [0, 0.1) is 0 Å². The van der Waals surface area contributed by atoms with Crippen LogP contribution >= 0.6 is 0 Å². The van der Waals surface area contributed by atoms with Gasteiger partial charge in [-0.25, -0.2) is 4.21 Å². The summed E-state index contributed by atoms with van der Waals surface area (Å²) in [6.07, 6.45) is 5.96. The Hall–Kier alpha value is -0.180. The second-order valence-electron chi connectivity index (χ2n) is 5.00. The lowest BCUT2D eigenvalue weighted by Crippen LogP contribution is -2.20. The van der Waals surface area contributed by atoms with Crippen LogP contribution in [0.4, 0.5) is 0 Å². The molecule has 0 aromatic heterocycles. The molecule has 2 nitrogen and oxygen atoms in total. The van der Waals surface area contributed by atoms with Crippen molar-refractivity contribution in [3.05, 3.63) is 0 Å². The van der Waals surface area contributed by atoms with E-state index in [9.17, 15) is 4.21 Å². The molecule has 0 fully saturated rings. The van der Waals surface area contributed by atoms with E-state index in [1.165, 1.54) is 25.7 Å². The molecule has 0 N–H and O–H groups in total. The Morgan fingerprint density at radius 2 is 1.80 bits per heavy atom. The summed E-state index contributed by atoms with van der Waals surface area (Å²) in [4.78, 5) is 0. The summed E-state index contributed by atoms with van der Waals surface area (Å²) in [5, 5.41) is 0. The van der Waals surface area contributed by atoms with Crippen molar-refractivity contribution in [1.82, 2.24) is 0 Å². The van der Waals surface area contributed by atoms with Crippen LogP contribution in [0.2, 0.25) is 0 Å². The Kier molecular flexibility index (Phi) is 7.07. The summed E-state index contributed by atoms with van der Waals surface area (Å²) in [5.74, 6) is 0. The zero-order valence-corrected chi connectivity index (χ0v) is 11.6. The number of unbranched alkanes of at least 4 members (excludes halogenated alkanes) is 3. The maximum Gasteiger partial charge on any atom is 0.144 e. The average Bonchev–Trinajstić information content (AvgIpc) is 2.11. The van der Waals surface area contributed by atoms with Crippen molar-refractivity contribution in [1.29, 1.82) is 0 Å². The summed E-state index contributed by atoms with van der Waals surface area (Å²) < 4.78 is 15.7. The highest BCUT2D eigenvalue weighted by molar-refractivity contribution is 7.85. The minimum absolute atomic E-state index is 0.231. The maximum absolute atomic E-state index is 11.7. The van der Waals surface area contributed by atoms with Crippen LogP contribution in [0.25, 0.3) is 0 Å². The quantitative estimate of drug-likeness (QED) is 0.504. The molecule has 0 bridgehead atoms. The lowest BCUT2D eigenvalue weighted by atomic mass is 10.1. The van der Waals surface area contributed by atoms with Gasteiger partial charge in [0, 0.05) is 5.71 Å². The molecule has 0 spiro atoms. The van der Waals surface area contributed by atoms with Gasteiger partial charge in [0.1, 0.15) is 11.0 Å². The molecule has 0 saturated carbocycles. The molecule has 1 unspecified atom stereocenters. The summed E-state index contributed by atoms with van der Waals surface area (Å²) in [6, 6.07) is 0. The molecule has 0 amide bonds. The number of nitrogens with zero attached hydrogens (tertiary/aromatic N) is 1. The molecule has 0 aliphatic carbocycles. The topological polar surface area (TPSA) is 29.4 Å². The first-order valence-electron chi connectivity index (χ1n) is 5.84. The first kappa shape index (κ1) is 14.8. The van der Waals surface area contributed by atoms with E-state index in [0.29, 0.717) is 0 Å². The van der Waals surface area contributed by atoms with Crippen LogP contribution < -0.4 is 0 Å². The van der Waals surface area contributed by atoms with E-state index < -0.39 is 11.0 Å². The largest absolute Gasteiger partial charge is 0.234 e. The minimum Gasteiger partial charge on any atom is -0.234 e. The average molecular weight is 231 g/mol. The lowest BCUT2D eigenvalue weighted by Gasteiger charge is -2.14. The minimum atomic E-state index is -1.09. The predicted molar refractivity (Wildman–Crippen MR) is 69.8 cm³/mol. The SMILES string of the molecule is CCCCCC/C(C)=N/S(=O)C(C)(C)C. The van der Waals surface area contributed by atoms with Crippen molar-refractivity contribution in [2.24, 2.45) is 4.40 Å².